The molecule has 2 N–H and O–H groups in total. The van der Waals surface area contributed by atoms with Gasteiger partial charge in [-0.2, -0.15) is 0 Å². The first-order valence-corrected chi connectivity index (χ1v) is 8.16. The number of nitrogens with two attached hydrogens (primary N) is 1. The molecule has 2 aromatic carbocycles. The average molecular weight is 300 g/mol. The maximum atomic E-state index is 6.46. The number of aryl methyl sites for hydroxylation is 2. The molecule has 0 saturated carbocycles. The van der Waals surface area contributed by atoms with E-state index in [9.17, 15) is 0 Å². The minimum Gasteiger partial charge on any atom is -0.398 e. The fourth-order valence-corrected chi connectivity index (χ4v) is 3.55. The molecule has 1 aromatic heterocycles. The Morgan fingerprint density at radius 1 is 0.957 bits per heavy atom. The SMILES string of the molecule is Cc1ccccc1-c1cc(-c2ccc3c(c2N)CCC3)ccn1. The zero-order valence-electron chi connectivity index (χ0n) is 13.3. The number of hydrogen-bond acceptors (Lipinski definition) is 2. The number of nitrogens with zero attached hydrogens (tertiary/aromatic N) is 1. The topological polar surface area (TPSA) is 38.9 Å². The van der Waals surface area contributed by atoms with E-state index in [1.54, 1.807) is 0 Å². The predicted octanol–water partition coefficient (Wildman–Crippen LogP) is 4.79. The molecule has 3 aromatic rings. The van der Waals surface area contributed by atoms with Gasteiger partial charge >= 0.3 is 0 Å². The van der Waals surface area contributed by atoms with Crippen molar-refractivity contribution in [1.82, 2.24) is 4.98 Å². The number of benzene rings is 2. The molecule has 4 rings (SSSR count). The van der Waals surface area contributed by atoms with Crippen molar-refractivity contribution in [2.45, 2.75) is 26.2 Å². The lowest BCUT2D eigenvalue weighted by atomic mass is 9.96. The van der Waals surface area contributed by atoms with Crippen LogP contribution in [0.2, 0.25) is 0 Å². The van der Waals surface area contributed by atoms with Gasteiger partial charge < -0.3 is 5.73 Å². The summed E-state index contributed by atoms with van der Waals surface area (Å²) in [5.41, 5.74) is 15.9. The van der Waals surface area contributed by atoms with Crippen LogP contribution in [-0.2, 0) is 12.8 Å². The smallest absolute Gasteiger partial charge is 0.0710 e. The van der Waals surface area contributed by atoms with Crippen LogP contribution in [-0.4, -0.2) is 4.98 Å². The largest absolute Gasteiger partial charge is 0.398 e. The van der Waals surface area contributed by atoms with Gasteiger partial charge in [-0.25, -0.2) is 0 Å². The molecule has 2 heteroatoms. The maximum absolute atomic E-state index is 6.46. The van der Waals surface area contributed by atoms with Gasteiger partial charge in [-0.15, -0.1) is 0 Å². The molecule has 0 bridgehead atoms. The molecule has 0 atom stereocenters. The summed E-state index contributed by atoms with van der Waals surface area (Å²) in [6.07, 6.45) is 5.35. The zero-order chi connectivity index (χ0) is 15.8. The summed E-state index contributed by atoms with van der Waals surface area (Å²) in [4.78, 5) is 4.56. The highest BCUT2D eigenvalue weighted by Crippen LogP contribution is 2.36. The second-order valence-corrected chi connectivity index (χ2v) is 6.26. The summed E-state index contributed by atoms with van der Waals surface area (Å²) >= 11 is 0. The van der Waals surface area contributed by atoms with Crippen molar-refractivity contribution in [3.05, 3.63) is 71.4 Å². The Hall–Kier alpha value is -2.61. The van der Waals surface area contributed by atoms with Crippen molar-refractivity contribution in [2.24, 2.45) is 0 Å². The van der Waals surface area contributed by atoms with Crippen molar-refractivity contribution in [3.63, 3.8) is 0 Å². The molecule has 0 radical (unpaired) electrons. The van der Waals surface area contributed by atoms with Crippen molar-refractivity contribution < 1.29 is 0 Å². The van der Waals surface area contributed by atoms with Crippen LogP contribution in [0.1, 0.15) is 23.1 Å². The fourth-order valence-electron chi connectivity index (χ4n) is 3.55. The van der Waals surface area contributed by atoms with Crippen LogP contribution in [0.4, 0.5) is 5.69 Å². The third-order valence-corrected chi connectivity index (χ3v) is 4.82. The summed E-state index contributed by atoms with van der Waals surface area (Å²) in [6.45, 7) is 2.12. The maximum Gasteiger partial charge on any atom is 0.0710 e. The van der Waals surface area contributed by atoms with Crippen LogP contribution in [0.25, 0.3) is 22.4 Å². The Morgan fingerprint density at radius 2 is 1.83 bits per heavy atom. The number of fused-ring (bicyclic) bond motifs is 1. The first-order chi connectivity index (χ1) is 11.2. The summed E-state index contributed by atoms with van der Waals surface area (Å²) in [5, 5.41) is 0. The molecular weight excluding hydrogens is 280 g/mol. The molecule has 23 heavy (non-hydrogen) atoms. The number of hydrogen-bond donors (Lipinski definition) is 1. The molecule has 0 spiro atoms. The van der Waals surface area contributed by atoms with Crippen LogP contribution < -0.4 is 5.73 Å². The molecule has 0 fully saturated rings. The Labute approximate surface area is 137 Å². The van der Waals surface area contributed by atoms with Gasteiger partial charge in [0.2, 0.25) is 0 Å². The molecule has 0 aliphatic heterocycles. The van der Waals surface area contributed by atoms with Gasteiger partial charge in [0.1, 0.15) is 0 Å². The highest BCUT2D eigenvalue weighted by molar-refractivity contribution is 5.82. The van der Waals surface area contributed by atoms with E-state index < -0.39 is 0 Å². The van der Waals surface area contributed by atoms with Crippen LogP contribution in [0.15, 0.2) is 54.7 Å². The van der Waals surface area contributed by atoms with Crippen LogP contribution in [0, 0.1) is 6.92 Å². The second kappa shape index (κ2) is 5.54. The molecule has 1 aliphatic carbocycles. The molecule has 0 amide bonds. The highest BCUT2D eigenvalue weighted by Gasteiger charge is 2.17. The number of aromatic nitrogens is 1. The van der Waals surface area contributed by atoms with E-state index in [-0.39, 0.29) is 0 Å². The summed E-state index contributed by atoms with van der Waals surface area (Å²) in [7, 11) is 0. The van der Waals surface area contributed by atoms with Crippen LogP contribution in [0.3, 0.4) is 0 Å². The molecule has 2 nitrogen and oxygen atoms in total. The van der Waals surface area contributed by atoms with Crippen LogP contribution in [0.5, 0.6) is 0 Å². The minimum atomic E-state index is 0.946. The van der Waals surface area contributed by atoms with Crippen molar-refractivity contribution in [2.75, 3.05) is 5.73 Å². The number of anilines is 1. The quantitative estimate of drug-likeness (QED) is 0.691. The van der Waals surface area contributed by atoms with E-state index in [4.69, 9.17) is 5.73 Å². The summed E-state index contributed by atoms with van der Waals surface area (Å²) < 4.78 is 0. The van der Waals surface area contributed by atoms with Gasteiger partial charge in [0, 0.05) is 23.0 Å². The second-order valence-electron chi connectivity index (χ2n) is 6.26. The summed E-state index contributed by atoms with van der Waals surface area (Å²) in [5.74, 6) is 0. The lowest BCUT2D eigenvalue weighted by Crippen LogP contribution is -1.97. The molecule has 1 aliphatic rings. The first kappa shape index (κ1) is 14.0. The minimum absolute atomic E-state index is 0.946. The predicted molar refractivity (Wildman–Crippen MR) is 96.3 cm³/mol. The Bertz CT molecular complexity index is 881. The Morgan fingerprint density at radius 3 is 2.70 bits per heavy atom. The van der Waals surface area contributed by atoms with E-state index in [2.05, 4.69) is 60.4 Å². The molecule has 114 valence electrons. The van der Waals surface area contributed by atoms with Crippen molar-refractivity contribution in [1.29, 1.82) is 0 Å². The van der Waals surface area contributed by atoms with E-state index in [0.29, 0.717) is 0 Å². The van der Waals surface area contributed by atoms with E-state index in [0.717, 1.165) is 35.3 Å². The molecule has 1 heterocycles. The fraction of sp³-hybridized carbons (Fsp3) is 0.190. The number of rotatable bonds is 2. The Balaban J connectivity index is 1.83. The molecule has 0 unspecified atom stereocenters. The molecule has 0 saturated heterocycles. The van der Waals surface area contributed by atoms with Gasteiger partial charge in [-0.1, -0.05) is 36.4 Å². The van der Waals surface area contributed by atoms with Gasteiger partial charge in [-0.05, 0) is 60.6 Å². The normalized spacial score (nSPS) is 13.1. The van der Waals surface area contributed by atoms with Gasteiger partial charge in [-0.3, -0.25) is 4.98 Å². The van der Waals surface area contributed by atoms with Gasteiger partial charge in [0.05, 0.1) is 5.69 Å². The standard InChI is InChI=1S/C21H20N2/c1-14-5-2-3-7-17(14)20-13-16(11-12-23-20)19-10-9-15-6-4-8-18(15)21(19)22/h2-3,5,7,9-13H,4,6,8,22H2,1H3. The molecular formula is C21H20N2. The third kappa shape index (κ3) is 2.40. The van der Waals surface area contributed by atoms with E-state index in [1.165, 1.54) is 28.7 Å². The first-order valence-electron chi connectivity index (χ1n) is 8.16. The number of nitrogen functional groups attached to an aromatic ring is 1. The lowest BCUT2D eigenvalue weighted by molar-refractivity contribution is 0.912. The van der Waals surface area contributed by atoms with Gasteiger partial charge in [0.15, 0.2) is 0 Å². The number of pyridine rings is 1. The Kier molecular flexibility index (Phi) is 3.38. The van der Waals surface area contributed by atoms with E-state index >= 15 is 0 Å². The van der Waals surface area contributed by atoms with Crippen molar-refractivity contribution in [3.8, 4) is 22.4 Å². The lowest BCUT2D eigenvalue weighted by Gasteiger charge is -2.12. The average Bonchev–Trinajstić information content (AvgIpc) is 3.05. The van der Waals surface area contributed by atoms with Gasteiger partial charge in [0.25, 0.3) is 0 Å². The summed E-state index contributed by atoms with van der Waals surface area (Å²) in [6, 6.07) is 16.9. The zero-order valence-corrected chi connectivity index (χ0v) is 13.3. The van der Waals surface area contributed by atoms with E-state index in [1.807, 2.05) is 6.20 Å². The highest BCUT2D eigenvalue weighted by atomic mass is 14.7. The monoisotopic (exact) mass is 300 g/mol. The third-order valence-electron chi connectivity index (χ3n) is 4.82. The van der Waals surface area contributed by atoms with Crippen LogP contribution >= 0.6 is 0 Å². The van der Waals surface area contributed by atoms with Crippen molar-refractivity contribution >= 4 is 5.69 Å².